The van der Waals surface area contributed by atoms with E-state index in [0.29, 0.717) is 31.2 Å². The number of aromatic nitrogens is 2. The van der Waals surface area contributed by atoms with E-state index in [1.54, 1.807) is 0 Å². The summed E-state index contributed by atoms with van der Waals surface area (Å²) in [6.45, 7) is 3.68. The fourth-order valence-corrected chi connectivity index (χ4v) is 5.55. The molecule has 2 aromatic carbocycles. The van der Waals surface area contributed by atoms with E-state index in [9.17, 15) is 18.5 Å². The van der Waals surface area contributed by atoms with Crippen molar-refractivity contribution in [3.63, 3.8) is 0 Å². The molecule has 0 unspecified atom stereocenters. The van der Waals surface area contributed by atoms with Crippen LogP contribution in [-0.4, -0.2) is 60.6 Å². The minimum absolute atomic E-state index is 0.0521. The molecule has 34 heavy (non-hydrogen) atoms. The van der Waals surface area contributed by atoms with Gasteiger partial charge in [0.15, 0.2) is 5.82 Å². The monoisotopic (exact) mass is 503 g/mol. The van der Waals surface area contributed by atoms with Crippen LogP contribution in [-0.2, 0) is 10.0 Å². The first-order chi connectivity index (χ1) is 16.3. The summed E-state index contributed by atoms with van der Waals surface area (Å²) in [4.78, 5) is 12.1. The molecule has 0 spiro atoms. The molecule has 0 aliphatic carbocycles. The second-order valence-corrected chi connectivity index (χ2v) is 9.81. The van der Waals surface area contributed by atoms with E-state index < -0.39 is 14.9 Å². The zero-order valence-electron chi connectivity index (χ0n) is 18.3. The predicted octanol–water partition coefficient (Wildman–Crippen LogP) is 3.61. The van der Waals surface area contributed by atoms with Gasteiger partial charge in [-0.05, 0) is 49.4 Å². The van der Waals surface area contributed by atoms with Gasteiger partial charge in [0.05, 0.1) is 22.2 Å². The normalized spacial score (nSPS) is 14.7. The third-order valence-electron chi connectivity index (χ3n) is 5.42. The molecular formula is C22H22ClN5O5S. The average Bonchev–Trinajstić information content (AvgIpc) is 2.85. The number of ether oxygens (including phenoxy) is 1. The molecule has 1 saturated heterocycles. The number of rotatable bonds is 7. The number of nitrogens with zero attached hydrogens (tertiary/aromatic N) is 5. The van der Waals surface area contributed by atoms with Crippen LogP contribution < -0.4 is 9.64 Å². The second kappa shape index (κ2) is 9.92. The van der Waals surface area contributed by atoms with Gasteiger partial charge >= 0.3 is 0 Å². The summed E-state index contributed by atoms with van der Waals surface area (Å²) < 4.78 is 32.8. The summed E-state index contributed by atoms with van der Waals surface area (Å²) in [5.74, 6) is 1.43. The molecule has 3 aromatic rings. The third kappa shape index (κ3) is 4.96. The first-order valence-corrected chi connectivity index (χ1v) is 12.4. The van der Waals surface area contributed by atoms with E-state index in [1.807, 2.05) is 48.2 Å². The number of piperazine rings is 1. The number of hydrogen-bond donors (Lipinski definition) is 0. The Kier molecular flexibility index (Phi) is 6.96. The van der Waals surface area contributed by atoms with Gasteiger partial charge in [0.25, 0.3) is 5.69 Å². The summed E-state index contributed by atoms with van der Waals surface area (Å²) in [7, 11) is -3.98. The highest BCUT2D eigenvalue weighted by molar-refractivity contribution is 7.89. The summed E-state index contributed by atoms with van der Waals surface area (Å²) in [6.07, 6.45) is 0. The van der Waals surface area contributed by atoms with Gasteiger partial charge in [0.1, 0.15) is 10.6 Å². The van der Waals surface area contributed by atoms with Crippen LogP contribution in [0.2, 0.25) is 5.02 Å². The van der Waals surface area contributed by atoms with Crippen molar-refractivity contribution in [2.24, 2.45) is 0 Å². The maximum absolute atomic E-state index is 13.1. The summed E-state index contributed by atoms with van der Waals surface area (Å²) >= 11 is 6.05. The van der Waals surface area contributed by atoms with Crippen molar-refractivity contribution < 1.29 is 18.1 Å². The fraction of sp³-hybridized carbons (Fsp3) is 0.273. The number of nitro groups is 1. The van der Waals surface area contributed by atoms with Gasteiger partial charge in [-0.2, -0.15) is 4.31 Å². The molecule has 178 valence electrons. The van der Waals surface area contributed by atoms with Crippen LogP contribution in [0.25, 0.3) is 11.3 Å². The SMILES string of the molecule is CCOc1ccc(-c2ccc(N3CCN(S(=O)(=O)c4cc([N+](=O)[O-])ccc4Cl)CC3)nn2)cc1. The number of hydrogen-bond acceptors (Lipinski definition) is 8. The lowest BCUT2D eigenvalue weighted by atomic mass is 10.1. The quantitative estimate of drug-likeness (QED) is 0.354. The highest BCUT2D eigenvalue weighted by atomic mass is 35.5. The molecule has 4 rings (SSSR count). The number of benzene rings is 2. The molecule has 10 nitrogen and oxygen atoms in total. The molecule has 2 heterocycles. The number of anilines is 1. The van der Waals surface area contributed by atoms with Crippen molar-refractivity contribution in [1.82, 2.24) is 14.5 Å². The lowest BCUT2D eigenvalue weighted by Gasteiger charge is -2.34. The molecule has 0 amide bonds. The number of sulfonamides is 1. The average molecular weight is 504 g/mol. The Labute approximate surface area is 201 Å². The minimum Gasteiger partial charge on any atom is -0.494 e. The summed E-state index contributed by atoms with van der Waals surface area (Å²) in [5, 5.41) is 19.6. The van der Waals surface area contributed by atoms with Crippen LogP contribution in [0.3, 0.4) is 0 Å². The lowest BCUT2D eigenvalue weighted by molar-refractivity contribution is -0.385. The largest absolute Gasteiger partial charge is 0.494 e. The molecule has 0 radical (unpaired) electrons. The van der Waals surface area contributed by atoms with E-state index in [4.69, 9.17) is 16.3 Å². The van der Waals surface area contributed by atoms with Crippen LogP contribution in [0.4, 0.5) is 11.5 Å². The Morgan fingerprint density at radius 3 is 2.32 bits per heavy atom. The van der Waals surface area contributed by atoms with Gasteiger partial charge in [-0.1, -0.05) is 11.6 Å². The van der Waals surface area contributed by atoms with E-state index in [1.165, 1.54) is 16.4 Å². The Morgan fingerprint density at radius 1 is 1.03 bits per heavy atom. The van der Waals surface area contributed by atoms with Gasteiger partial charge < -0.3 is 9.64 Å². The smallest absolute Gasteiger partial charge is 0.270 e. The Hall–Kier alpha value is -3.28. The molecule has 0 N–H and O–H groups in total. The van der Waals surface area contributed by atoms with Crippen LogP contribution >= 0.6 is 11.6 Å². The number of non-ortho nitro benzene ring substituents is 1. The Morgan fingerprint density at radius 2 is 1.74 bits per heavy atom. The van der Waals surface area contributed by atoms with Crippen molar-refractivity contribution in [2.45, 2.75) is 11.8 Å². The molecule has 1 aliphatic rings. The highest BCUT2D eigenvalue weighted by Gasteiger charge is 2.31. The topological polar surface area (TPSA) is 119 Å². The Bertz CT molecular complexity index is 1280. The van der Waals surface area contributed by atoms with Gasteiger partial charge in [0, 0.05) is 43.9 Å². The third-order valence-corrected chi connectivity index (χ3v) is 7.80. The minimum atomic E-state index is -3.98. The number of halogens is 1. The molecule has 1 aromatic heterocycles. The van der Waals surface area contributed by atoms with Crippen LogP contribution in [0.5, 0.6) is 5.75 Å². The van der Waals surface area contributed by atoms with Gasteiger partial charge in [-0.15, -0.1) is 10.2 Å². The van der Waals surface area contributed by atoms with E-state index in [0.717, 1.165) is 17.4 Å². The Balaban J connectivity index is 1.43. The first-order valence-electron chi connectivity index (χ1n) is 10.6. The van der Waals surface area contributed by atoms with Gasteiger partial charge in [0.2, 0.25) is 10.0 Å². The summed E-state index contributed by atoms with van der Waals surface area (Å²) in [6, 6.07) is 14.7. The van der Waals surface area contributed by atoms with E-state index in [-0.39, 0.29) is 28.7 Å². The molecule has 12 heteroatoms. The molecular weight excluding hydrogens is 482 g/mol. The van der Waals surface area contributed by atoms with Crippen molar-refractivity contribution >= 4 is 33.1 Å². The standard InChI is InChI=1S/C22H22ClN5O5S/c1-2-33-18-6-3-16(4-7-18)20-9-10-22(25-24-20)26-11-13-27(14-12-26)34(31,32)21-15-17(28(29)30)5-8-19(21)23/h3-10,15H,2,11-14H2,1H3. The van der Waals surface area contributed by atoms with E-state index in [2.05, 4.69) is 10.2 Å². The van der Waals surface area contributed by atoms with Crippen LogP contribution in [0, 0.1) is 10.1 Å². The molecule has 0 saturated carbocycles. The van der Waals surface area contributed by atoms with E-state index >= 15 is 0 Å². The zero-order valence-corrected chi connectivity index (χ0v) is 19.9. The number of nitro benzene ring substituents is 1. The van der Waals surface area contributed by atoms with Crippen molar-refractivity contribution in [2.75, 3.05) is 37.7 Å². The van der Waals surface area contributed by atoms with Crippen molar-refractivity contribution in [1.29, 1.82) is 0 Å². The maximum Gasteiger partial charge on any atom is 0.270 e. The lowest BCUT2D eigenvalue weighted by Crippen LogP contribution is -2.49. The van der Waals surface area contributed by atoms with Crippen LogP contribution in [0.1, 0.15) is 6.92 Å². The summed E-state index contributed by atoms with van der Waals surface area (Å²) in [5.41, 5.74) is 1.30. The fourth-order valence-electron chi connectivity index (χ4n) is 3.64. The molecule has 0 atom stereocenters. The van der Waals surface area contributed by atoms with Gasteiger partial charge in [-0.25, -0.2) is 8.42 Å². The van der Waals surface area contributed by atoms with Crippen molar-refractivity contribution in [3.05, 3.63) is 69.7 Å². The highest BCUT2D eigenvalue weighted by Crippen LogP contribution is 2.30. The maximum atomic E-state index is 13.1. The predicted molar refractivity (Wildman–Crippen MR) is 128 cm³/mol. The molecule has 1 aliphatic heterocycles. The zero-order chi connectivity index (χ0) is 24.3. The van der Waals surface area contributed by atoms with Crippen molar-refractivity contribution in [3.8, 4) is 17.0 Å². The van der Waals surface area contributed by atoms with Crippen LogP contribution in [0.15, 0.2) is 59.5 Å². The van der Waals surface area contributed by atoms with Gasteiger partial charge in [-0.3, -0.25) is 10.1 Å². The second-order valence-electron chi connectivity index (χ2n) is 7.50. The first kappa shape index (κ1) is 23.9. The molecule has 0 bridgehead atoms. The molecule has 1 fully saturated rings.